The monoisotopic (exact) mass is 516 g/mol. The molecule has 12 heteroatoms. The Bertz CT molecular complexity index is 1200. The molecule has 1 atom stereocenters. The van der Waals surface area contributed by atoms with Crippen LogP contribution in [-0.2, 0) is 53.1 Å². The molecule has 0 radical (unpaired) electrons. The number of nitrogens with two attached hydrogens (primary N) is 1. The lowest BCUT2D eigenvalue weighted by Gasteiger charge is -2.36. The quantitative estimate of drug-likeness (QED) is 0.368. The van der Waals surface area contributed by atoms with Gasteiger partial charge in [0.2, 0.25) is 11.8 Å². The molecule has 37 heavy (non-hydrogen) atoms. The van der Waals surface area contributed by atoms with Crippen molar-refractivity contribution in [1.82, 2.24) is 0 Å². The third kappa shape index (κ3) is 4.61. The van der Waals surface area contributed by atoms with Crippen molar-refractivity contribution in [3.8, 4) is 0 Å². The average Bonchev–Trinajstić information content (AvgIpc) is 3.07. The standard InChI is InChI=1S/C25H28N2O10/c1-5-34-17(28)12-16-19(22(30)35-6-2)25(20(21(26)37-16)23(31)36-7-3)14-10-8-9-11-15(14)27(24(25)32)13-18(29)33-4/h8-11H,5-7,12-13,26H2,1-4H3/t25-/m1/s1. The SMILES string of the molecule is CCOC(=O)CC1=C(C(=O)OCC)[C@@]2(C(=O)N(CC(=O)OC)c3ccccc32)C(C(=O)OCC)=C(N)O1. The van der Waals surface area contributed by atoms with Crippen molar-refractivity contribution in [3.05, 3.63) is 52.6 Å². The van der Waals surface area contributed by atoms with Gasteiger partial charge in [0.25, 0.3) is 0 Å². The molecule has 2 aliphatic rings. The number of amides is 1. The number of methoxy groups -OCH3 is 1. The molecule has 3 rings (SSSR count). The lowest BCUT2D eigenvalue weighted by atomic mass is 9.67. The number of nitrogens with zero attached hydrogens (tertiary/aromatic N) is 1. The topological polar surface area (TPSA) is 161 Å². The average molecular weight is 517 g/mol. The Labute approximate surface area is 212 Å². The summed E-state index contributed by atoms with van der Waals surface area (Å²) < 4.78 is 25.8. The number of carbonyl (C=O) groups excluding carboxylic acids is 5. The highest BCUT2D eigenvalue weighted by molar-refractivity contribution is 6.23. The number of carbonyl (C=O) groups is 5. The Morgan fingerprint density at radius 3 is 2.11 bits per heavy atom. The van der Waals surface area contributed by atoms with Crippen LogP contribution >= 0.6 is 0 Å². The summed E-state index contributed by atoms with van der Waals surface area (Å²) in [6.07, 6.45) is -0.590. The minimum Gasteiger partial charge on any atom is -0.468 e. The number of fused-ring (bicyclic) bond motifs is 2. The third-order valence-corrected chi connectivity index (χ3v) is 5.76. The predicted octanol–water partition coefficient (Wildman–Crippen LogP) is 0.978. The van der Waals surface area contributed by atoms with E-state index < -0.39 is 65.2 Å². The zero-order chi connectivity index (χ0) is 27.3. The second kappa shape index (κ2) is 11.1. The summed E-state index contributed by atoms with van der Waals surface area (Å²) >= 11 is 0. The van der Waals surface area contributed by atoms with Gasteiger partial charge in [0.05, 0.1) is 26.9 Å². The van der Waals surface area contributed by atoms with Crippen LogP contribution in [0.15, 0.2) is 47.1 Å². The van der Waals surface area contributed by atoms with Gasteiger partial charge in [0.1, 0.15) is 35.3 Å². The van der Waals surface area contributed by atoms with Gasteiger partial charge < -0.3 is 29.4 Å². The van der Waals surface area contributed by atoms with Gasteiger partial charge in [0.15, 0.2) is 0 Å². The molecule has 1 amide bonds. The highest BCUT2D eigenvalue weighted by Crippen LogP contribution is 2.55. The van der Waals surface area contributed by atoms with Crippen LogP contribution in [-0.4, -0.2) is 63.3 Å². The number of hydrogen-bond acceptors (Lipinski definition) is 11. The number of rotatable bonds is 9. The van der Waals surface area contributed by atoms with Crippen LogP contribution < -0.4 is 10.6 Å². The van der Waals surface area contributed by atoms with Gasteiger partial charge in [-0.3, -0.25) is 19.3 Å². The van der Waals surface area contributed by atoms with E-state index in [0.29, 0.717) is 0 Å². The summed E-state index contributed by atoms with van der Waals surface area (Å²) in [7, 11) is 1.16. The normalized spacial score (nSPS) is 18.4. The fraction of sp³-hybridized carbons (Fsp3) is 0.400. The van der Waals surface area contributed by atoms with Gasteiger partial charge in [-0.2, -0.15) is 0 Å². The van der Waals surface area contributed by atoms with Gasteiger partial charge in [0, 0.05) is 11.3 Å². The molecular formula is C25H28N2O10. The van der Waals surface area contributed by atoms with E-state index >= 15 is 0 Å². The number of benzene rings is 1. The molecule has 1 aromatic carbocycles. The Hall–Kier alpha value is -4.35. The Balaban J connectivity index is 2.43. The van der Waals surface area contributed by atoms with Crippen molar-refractivity contribution in [2.24, 2.45) is 5.73 Å². The third-order valence-electron chi connectivity index (χ3n) is 5.76. The molecule has 2 heterocycles. The van der Waals surface area contributed by atoms with Crippen molar-refractivity contribution < 1.29 is 47.7 Å². The first kappa shape index (κ1) is 27.2. The van der Waals surface area contributed by atoms with Gasteiger partial charge in [-0.1, -0.05) is 18.2 Å². The van der Waals surface area contributed by atoms with Crippen LogP contribution in [0, 0.1) is 0 Å². The van der Waals surface area contributed by atoms with E-state index in [2.05, 4.69) is 0 Å². The molecule has 198 valence electrons. The molecule has 0 saturated heterocycles. The molecule has 0 fully saturated rings. The molecule has 0 aromatic heterocycles. The van der Waals surface area contributed by atoms with Gasteiger partial charge >= 0.3 is 23.9 Å². The summed E-state index contributed by atoms with van der Waals surface area (Å²) in [6.45, 7) is 4.02. The van der Waals surface area contributed by atoms with Crippen molar-refractivity contribution in [2.75, 3.05) is 38.4 Å². The van der Waals surface area contributed by atoms with Crippen molar-refractivity contribution >= 4 is 35.5 Å². The lowest BCUT2D eigenvalue weighted by molar-refractivity contribution is -0.144. The minimum absolute atomic E-state index is 0.0417. The zero-order valence-electron chi connectivity index (χ0n) is 21.0. The van der Waals surface area contributed by atoms with Crippen LogP contribution in [0.2, 0.25) is 0 Å². The van der Waals surface area contributed by atoms with E-state index in [4.69, 9.17) is 29.4 Å². The summed E-state index contributed by atoms with van der Waals surface area (Å²) in [4.78, 5) is 66.9. The number of para-hydroxylation sites is 1. The fourth-order valence-corrected chi connectivity index (χ4v) is 4.44. The fourth-order valence-electron chi connectivity index (χ4n) is 4.44. The maximum atomic E-state index is 14.3. The van der Waals surface area contributed by atoms with Crippen LogP contribution in [0.1, 0.15) is 32.8 Å². The molecule has 12 nitrogen and oxygen atoms in total. The Morgan fingerprint density at radius 2 is 1.51 bits per heavy atom. The maximum absolute atomic E-state index is 14.3. The number of anilines is 1. The molecule has 2 aliphatic heterocycles. The number of esters is 4. The molecule has 1 aromatic rings. The van der Waals surface area contributed by atoms with E-state index in [-0.39, 0.29) is 36.8 Å². The zero-order valence-corrected chi connectivity index (χ0v) is 21.0. The highest BCUT2D eigenvalue weighted by Gasteiger charge is 2.64. The van der Waals surface area contributed by atoms with Crippen molar-refractivity contribution in [1.29, 1.82) is 0 Å². The highest BCUT2D eigenvalue weighted by atomic mass is 16.6. The van der Waals surface area contributed by atoms with E-state index in [9.17, 15) is 24.0 Å². The largest absolute Gasteiger partial charge is 0.468 e. The second-order valence-corrected chi connectivity index (χ2v) is 7.80. The molecule has 0 saturated carbocycles. The van der Waals surface area contributed by atoms with Crippen LogP contribution in [0.4, 0.5) is 5.69 Å². The van der Waals surface area contributed by atoms with E-state index in [0.717, 1.165) is 12.0 Å². The summed E-state index contributed by atoms with van der Waals surface area (Å²) in [5, 5.41) is 0. The predicted molar refractivity (Wildman–Crippen MR) is 126 cm³/mol. The van der Waals surface area contributed by atoms with E-state index in [1.54, 1.807) is 32.9 Å². The van der Waals surface area contributed by atoms with E-state index in [1.807, 2.05) is 0 Å². The van der Waals surface area contributed by atoms with Crippen LogP contribution in [0.5, 0.6) is 0 Å². The van der Waals surface area contributed by atoms with Crippen LogP contribution in [0.3, 0.4) is 0 Å². The lowest BCUT2D eigenvalue weighted by Crippen LogP contribution is -2.52. The molecular weight excluding hydrogens is 488 g/mol. The molecule has 0 aliphatic carbocycles. The number of hydrogen-bond donors (Lipinski definition) is 1. The Kier molecular flexibility index (Phi) is 8.21. The smallest absolute Gasteiger partial charge is 0.341 e. The minimum atomic E-state index is -2.24. The summed E-state index contributed by atoms with van der Waals surface area (Å²) in [5.74, 6) is -5.33. The van der Waals surface area contributed by atoms with Crippen molar-refractivity contribution in [3.63, 3.8) is 0 Å². The van der Waals surface area contributed by atoms with Crippen molar-refractivity contribution in [2.45, 2.75) is 32.6 Å². The first-order chi connectivity index (χ1) is 17.7. The molecule has 1 spiro atoms. The second-order valence-electron chi connectivity index (χ2n) is 7.80. The van der Waals surface area contributed by atoms with Gasteiger partial charge in [-0.05, 0) is 26.8 Å². The van der Waals surface area contributed by atoms with Gasteiger partial charge in [-0.15, -0.1) is 0 Å². The van der Waals surface area contributed by atoms with Gasteiger partial charge in [-0.25, -0.2) is 9.59 Å². The Morgan fingerprint density at radius 1 is 0.919 bits per heavy atom. The first-order valence-electron chi connectivity index (χ1n) is 11.6. The molecule has 0 unspecified atom stereocenters. The first-order valence-corrected chi connectivity index (χ1v) is 11.6. The molecule has 2 N–H and O–H groups in total. The summed E-state index contributed by atoms with van der Waals surface area (Å²) in [5.41, 5.74) is 3.38. The van der Waals surface area contributed by atoms with E-state index in [1.165, 1.54) is 12.1 Å². The maximum Gasteiger partial charge on any atom is 0.341 e. The van der Waals surface area contributed by atoms with Crippen LogP contribution in [0.25, 0.3) is 0 Å². The molecule has 0 bridgehead atoms. The number of ether oxygens (including phenoxy) is 5. The summed E-state index contributed by atoms with van der Waals surface area (Å²) in [6, 6.07) is 6.23.